The SMILES string of the molecule is CC#CC#CC#CC#CC(=O)OC[C@H](COP(=O)(O)OC1C(O)[C@H](OP(=O)(O)O)C(O)C(OP(=O)(O)O)[C@@H]1O)OC(=O)CCCCCCCCCCCCCCC. The molecule has 1 rings (SSSR count). The number of esters is 2. The maximum atomic E-state index is 13.0. The second-order valence-electron chi connectivity index (χ2n) is 12.8. The Morgan fingerprint density at radius 1 is 0.596 bits per heavy atom. The van der Waals surface area contributed by atoms with Crippen molar-refractivity contribution in [2.24, 2.45) is 0 Å². The first-order chi connectivity index (χ1) is 26.8. The molecule has 1 saturated carbocycles. The number of carbonyl (C=O) groups is 2. The van der Waals surface area contributed by atoms with Gasteiger partial charge in [0.2, 0.25) is 0 Å². The Morgan fingerprint density at radius 2 is 1.02 bits per heavy atom. The zero-order valence-corrected chi connectivity index (χ0v) is 34.4. The predicted octanol–water partition coefficient (Wildman–Crippen LogP) is 2.51. The minimum absolute atomic E-state index is 0.0704. The first-order valence-corrected chi connectivity index (χ1v) is 22.8. The zero-order chi connectivity index (χ0) is 42.9. The second-order valence-corrected chi connectivity index (χ2v) is 16.5. The van der Waals surface area contributed by atoms with Gasteiger partial charge in [0.05, 0.1) is 6.61 Å². The third-order valence-corrected chi connectivity index (χ3v) is 10.0. The first kappa shape index (κ1) is 52.4. The molecule has 0 aromatic rings. The number of hydrogen-bond acceptors (Lipinski definition) is 14. The Hall–Kier alpha value is -2.61. The maximum absolute atomic E-state index is 13.0. The maximum Gasteiger partial charge on any atom is 0.472 e. The van der Waals surface area contributed by atoms with Gasteiger partial charge in [-0.3, -0.25) is 22.9 Å². The van der Waals surface area contributed by atoms with E-state index in [1.54, 1.807) is 6.92 Å². The number of hydrogen-bond donors (Lipinski definition) is 8. The van der Waals surface area contributed by atoms with Gasteiger partial charge >= 0.3 is 35.4 Å². The predicted molar refractivity (Wildman–Crippen MR) is 200 cm³/mol. The number of aliphatic hydroxyl groups excluding tert-OH is 3. The molecule has 5 unspecified atom stereocenters. The summed E-state index contributed by atoms with van der Waals surface area (Å²) in [7, 11) is -16.7. The Kier molecular flexibility index (Phi) is 25.7. The Balaban J connectivity index is 2.93. The quantitative estimate of drug-likeness (QED) is 0.0204. The lowest BCUT2D eigenvalue weighted by Gasteiger charge is -2.44. The minimum Gasteiger partial charge on any atom is -0.456 e. The molecule has 0 aromatic carbocycles. The van der Waals surface area contributed by atoms with Crippen LogP contribution in [0.25, 0.3) is 0 Å². The van der Waals surface area contributed by atoms with Gasteiger partial charge in [0, 0.05) is 12.3 Å². The lowest BCUT2D eigenvalue weighted by atomic mass is 9.85. The Bertz CT molecular complexity index is 1610. The van der Waals surface area contributed by atoms with Gasteiger partial charge in [0.15, 0.2) is 6.10 Å². The highest BCUT2D eigenvalue weighted by atomic mass is 31.2. The summed E-state index contributed by atoms with van der Waals surface area (Å²) >= 11 is 0. The average molecular weight is 871 g/mol. The third-order valence-electron chi connectivity index (χ3n) is 8.00. The van der Waals surface area contributed by atoms with E-state index >= 15 is 0 Å². The second kappa shape index (κ2) is 28.0. The molecule has 19 nitrogen and oxygen atoms in total. The molecule has 0 bridgehead atoms. The molecule has 57 heavy (non-hydrogen) atoms. The molecule has 0 heterocycles. The van der Waals surface area contributed by atoms with Crippen molar-refractivity contribution in [1.29, 1.82) is 0 Å². The molecule has 0 spiro atoms. The van der Waals surface area contributed by atoms with Crippen LogP contribution in [-0.4, -0.2) is 108 Å². The molecular weight excluding hydrogens is 817 g/mol. The summed E-state index contributed by atoms with van der Waals surface area (Å²) in [5, 5.41) is 31.6. The number of carbonyl (C=O) groups excluding carboxylic acids is 2. The lowest BCUT2D eigenvalue weighted by Crippen LogP contribution is -2.65. The summed E-state index contributed by atoms with van der Waals surface area (Å²) < 4.78 is 64.3. The van der Waals surface area contributed by atoms with E-state index < -0.39 is 91.3 Å². The lowest BCUT2D eigenvalue weighted by molar-refractivity contribution is -0.213. The summed E-state index contributed by atoms with van der Waals surface area (Å²) in [6, 6.07) is 0. The number of phosphoric ester groups is 3. The van der Waals surface area contributed by atoms with E-state index in [-0.39, 0.29) is 6.42 Å². The number of aliphatic hydroxyl groups is 3. The zero-order valence-electron chi connectivity index (χ0n) is 31.8. The van der Waals surface area contributed by atoms with Gasteiger partial charge in [0.1, 0.15) is 43.2 Å². The number of unbranched alkanes of at least 4 members (excludes halogenated alkanes) is 12. The van der Waals surface area contributed by atoms with Crippen molar-refractivity contribution in [2.45, 2.75) is 146 Å². The van der Waals surface area contributed by atoms with Crippen LogP contribution in [0, 0.1) is 47.4 Å². The van der Waals surface area contributed by atoms with Gasteiger partial charge in [0.25, 0.3) is 0 Å². The molecule has 0 aromatic heterocycles. The van der Waals surface area contributed by atoms with Gasteiger partial charge in [-0.1, -0.05) is 89.9 Å². The molecule has 0 amide bonds. The molecular formula is C35H53O19P3. The van der Waals surface area contributed by atoms with Gasteiger partial charge < -0.3 is 49.3 Å². The molecule has 0 saturated heterocycles. The fourth-order valence-corrected chi connectivity index (χ4v) is 7.45. The number of ether oxygens (including phenoxy) is 2. The third kappa shape index (κ3) is 24.8. The van der Waals surface area contributed by atoms with Crippen molar-refractivity contribution < 1.29 is 90.6 Å². The molecule has 8 atom stereocenters. The van der Waals surface area contributed by atoms with Crippen molar-refractivity contribution >= 4 is 35.4 Å². The van der Waals surface area contributed by atoms with E-state index in [0.717, 1.165) is 25.7 Å². The highest BCUT2D eigenvalue weighted by Crippen LogP contribution is 2.51. The first-order valence-electron chi connectivity index (χ1n) is 18.3. The van der Waals surface area contributed by atoms with Crippen LogP contribution in [0.3, 0.4) is 0 Å². The summed E-state index contributed by atoms with van der Waals surface area (Å²) in [6.45, 7) is 1.96. The number of phosphoric acid groups is 3. The molecule has 1 fully saturated rings. The van der Waals surface area contributed by atoms with Crippen molar-refractivity contribution in [2.75, 3.05) is 13.2 Å². The number of rotatable bonds is 26. The van der Waals surface area contributed by atoms with E-state index in [4.69, 9.17) is 18.5 Å². The van der Waals surface area contributed by atoms with Crippen molar-refractivity contribution in [3.05, 3.63) is 0 Å². The standard InChI is InChI=1S/C35H53O19P3/c1-3-5-7-9-11-12-13-14-15-16-18-20-22-24-29(37)51-27(25-49-28(36)23-21-19-17-10-8-6-4-2)26-50-57(47,48)54-35-31(39)33(52-55(41,42)43)30(38)34(32(35)40)53-56(44,45)46/h27,30-35,38-40H,3,5,7,9,11-16,18,20,22,24-26H2,1-2H3,(H,47,48)(H2,41,42,43)(H2,44,45,46)/t27-,30?,31+,32?,33?,34-,35?/m1/s1. The largest absolute Gasteiger partial charge is 0.472 e. The Morgan fingerprint density at radius 3 is 1.47 bits per heavy atom. The normalized spacial score (nSPS) is 22.1. The van der Waals surface area contributed by atoms with E-state index in [2.05, 4.69) is 57.4 Å². The molecule has 1 aliphatic carbocycles. The van der Waals surface area contributed by atoms with E-state index in [0.29, 0.717) is 12.8 Å². The van der Waals surface area contributed by atoms with E-state index in [9.17, 15) is 63.1 Å². The van der Waals surface area contributed by atoms with Gasteiger partial charge in [-0.05, 0) is 48.9 Å². The van der Waals surface area contributed by atoms with Crippen LogP contribution >= 0.6 is 23.5 Å². The fraction of sp³-hybridized carbons (Fsp3) is 0.714. The summed E-state index contributed by atoms with van der Waals surface area (Å²) in [5.41, 5.74) is 0. The molecule has 8 N–H and O–H groups in total. The summed E-state index contributed by atoms with van der Waals surface area (Å²) in [5.74, 6) is 16.6. The van der Waals surface area contributed by atoms with Crippen LogP contribution in [0.4, 0.5) is 0 Å². The van der Waals surface area contributed by atoms with Crippen LogP contribution < -0.4 is 0 Å². The highest BCUT2D eigenvalue weighted by molar-refractivity contribution is 7.47. The van der Waals surface area contributed by atoms with Gasteiger partial charge in [-0.25, -0.2) is 18.5 Å². The van der Waals surface area contributed by atoms with Crippen LogP contribution in [0.5, 0.6) is 0 Å². The molecule has 1 aliphatic rings. The van der Waals surface area contributed by atoms with E-state index in [1.807, 2.05) is 5.92 Å². The van der Waals surface area contributed by atoms with Crippen molar-refractivity contribution in [3.63, 3.8) is 0 Å². The van der Waals surface area contributed by atoms with Gasteiger partial charge in [-0.2, -0.15) is 0 Å². The highest BCUT2D eigenvalue weighted by Gasteiger charge is 2.56. The van der Waals surface area contributed by atoms with Crippen LogP contribution in [0.15, 0.2) is 0 Å². The van der Waals surface area contributed by atoms with E-state index in [1.165, 1.54) is 44.9 Å². The van der Waals surface area contributed by atoms with Crippen LogP contribution in [0.2, 0.25) is 0 Å². The minimum atomic E-state index is -5.57. The van der Waals surface area contributed by atoms with Crippen molar-refractivity contribution in [3.8, 4) is 47.4 Å². The molecule has 322 valence electrons. The molecule has 22 heteroatoms. The summed E-state index contributed by atoms with van der Waals surface area (Å²) in [6.07, 6.45) is -2.85. The monoisotopic (exact) mass is 870 g/mol. The van der Waals surface area contributed by atoms with Gasteiger partial charge in [-0.15, -0.1) is 0 Å². The fourth-order valence-electron chi connectivity index (χ4n) is 5.34. The summed E-state index contributed by atoms with van der Waals surface area (Å²) in [4.78, 5) is 72.1. The molecule has 0 aliphatic heterocycles. The topological polar surface area (TPSA) is 303 Å². The average Bonchev–Trinajstić information content (AvgIpc) is 3.12. The van der Waals surface area contributed by atoms with Crippen molar-refractivity contribution in [1.82, 2.24) is 0 Å². The molecule has 0 radical (unpaired) electrons. The Labute approximate surface area is 332 Å². The van der Waals surface area contributed by atoms with Crippen LogP contribution in [-0.2, 0) is 50.9 Å². The smallest absolute Gasteiger partial charge is 0.456 e. The van der Waals surface area contributed by atoms with Crippen LogP contribution in [0.1, 0.15) is 104 Å².